The van der Waals surface area contributed by atoms with Crippen LogP contribution in [0.2, 0.25) is 0 Å². The third-order valence-corrected chi connectivity index (χ3v) is 9.81. The SMILES string of the molecule is CCCCCCCCCCCCCCOCC(O)CC(OC(CC(O)COCCCCCCCCCCCCCC)C1CO1)C1CO1. The van der Waals surface area contributed by atoms with Crippen LogP contribution in [-0.2, 0) is 23.7 Å². The minimum absolute atomic E-state index is 0.00132. The Morgan fingerprint density at radius 3 is 1.02 bits per heavy atom. The quantitative estimate of drug-likeness (QED) is 0.0499. The second-order valence-corrected chi connectivity index (χ2v) is 14.7. The molecule has 0 radical (unpaired) electrons. The normalized spacial score (nSPS) is 19.9. The molecule has 0 saturated carbocycles. The maximum absolute atomic E-state index is 10.7. The molecule has 2 fully saturated rings. The van der Waals surface area contributed by atoms with E-state index >= 15 is 0 Å². The molecule has 0 spiro atoms. The number of hydrogen-bond acceptors (Lipinski definition) is 7. The van der Waals surface area contributed by atoms with Crippen molar-refractivity contribution in [1.29, 1.82) is 0 Å². The summed E-state index contributed by atoms with van der Waals surface area (Å²) in [4.78, 5) is 0. The zero-order chi connectivity index (χ0) is 33.6. The molecule has 6 unspecified atom stereocenters. The highest BCUT2D eigenvalue weighted by Gasteiger charge is 2.42. The van der Waals surface area contributed by atoms with E-state index in [1.165, 1.54) is 141 Å². The fraction of sp³-hybridized carbons (Fsp3) is 1.00. The van der Waals surface area contributed by atoms with Crippen molar-refractivity contribution in [3.8, 4) is 0 Å². The van der Waals surface area contributed by atoms with Gasteiger partial charge in [-0.25, -0.2) is 0 Å². The lowest BCUT2D eigenvalue weighted by Gasteiger charge is -2.26. The molecule has 7 nitrogen and oxygen atoms in total. The molecule has 0 amide bonds. The summed E-state index contributed by atoms with van der Waals surface area (Å²) in [7, 11) is 0. The van der Waals surface area contributed by atoms with Crippen LogP contribution in [0.3, 0.4) is 0 Å². The molecule has 47 heavy (non-hydrogen) atoms. The molecule has 7 heteroatoms. The Kier molecular flexibility index (Phi) is 27.9. The molecule has 0 aliphatic carbocycles. The van der Waals surface area contributed by atoms with Crippen molar-refractivity contribution in [1.82, 2.24) is 0 Å². The van der Waals surface area contributed by atoms with E-state index in [9.17, 15) is 10.2 Å². The molecule has 0 bridgehead atoms. The molecular weight excluding hydrogens is 592 g/mol. The van der Waals surface area contributed by atoms with Crippen molar-refractivity contribution >= 4 is 0 Å². The molecule has 2 rings (SSSR count). The first-order valence-electron chi connectivity index (χ1n) is 20.5. The van der Waals surface area contributed by atoms with Crippen LogP contribution in [0.5, 0.6) is 0 Å². The average Bonchev–Trinajstić information content (AvgIpc) is 3.98. The number of aliphatic hydroxyl groups is 2. The number of aliphatic hydroxyl groups excluding tert-OH is 2. The molecule has 2 aliphatic heterocycles. The van der Waals surface area contributed by atoms with Gasteiger partial charge in [-0.3, -0.25) is 0 Å². The Balaban J connectivity index is 1.45. The van der Waals surface area contributed by atoms with E-state index in [1.807, 2.05) is 0 Å². The van der Waals surface area contributed by atoms with Gasteiger partial charge in [-0.05, 0) is 12.8 Å². The van der Waals surface area contributed by atoms with Gasteiger partial charge >= 0.3 is 0 Å². The zero-order valence-electron chi connectivity index (χ0n) is 31.0. The Morgan fingerprint density at radius 1 is 0.468 bits per heavy atom. The summed E-state index contributed by atoms with van der Waals surface area (Å²) in [6.07, 6.45) is 31.1. The molecule has 2 saturated heterocycles. The van der Waals surface area contributed by atoms with Crippen LogP contribution in [0.15, 0.2) is 0 Å². The molecule has 0 aromatic rings. The van der Waals surface area contributed by atoms with Crippen molar-refractivity contribution < 1.29 is 33.9 Å². The minimum atomic E-state index is -0.592. The van der Waals surface area contributed by atoms with Gasteiger partial charge in [-0.1, -0.05) is 155 Å². The minimum Gasteiger partial charge on any atom is -0.391 e. The molecule has 2 aliphatic rings. The van der Waals surface area contributed by atoms with Crippen LogP contribution in [0.4, 0.5) is 0 Å². The summed E-state index contributed by atoms with van der Waals surface area (Å²) in [5, 5.41) is 21.3. The van der Waals surface area contributed by atoms with Gasteiger partial charge in [0, 0.05) is 26.1 Å². The van der Waals surface area contributed by atoms with E-state index < -0.39 is 12.2 Å². The third kappa shape index (κ3) is 26.2. The Morgan fingerprint density at radius 2 is 0.745 bits per heavy atom. The summed E-state index contributed by atoms with van der Waals surface area (Å²) in [6, 6.07) is 0. The Bertz CT molecular complexity index is 602. The lowest BCUT2D eigenvalue weighted by Crippen LogP contribution is -2.37. The lowest BCUT2D eigenvalue weighted by atomic mass is 10.1. The zero-order valence-corrected chi connectivity index (χ0v) is 31.0. The molecule has 280 valence electrons. The first-order chi connectivity index (χ1) is 23.1. The third-order valence-electron chi connectivity index (χ3n) is 9.81. The highest BCUT2D eigenvalue weighted by molar-refractivity contribution is 4.88. The number of rotatable bonds is 38. The first kappa shape index (κ1) is 42.9. The number of ether oxygens (including phenoxy) is 5. The topological polar surface area (TPSA) is 93.2 Å². The van der Waals surface area contributed by atoms with Crippen molar-refractivity contribution in [3.05, 3.63) is 0 Å². The van der Waals surface area contributed by atoms with Crippen molar-refractivity contribution in [2.45, 2.75) is 217 Å². The Hall–Kier alpha value is -0.280. The molecule has 2 heterocycles. The van der Waals surface area contributed by atoms with E-state index in [2.05, 4.69) is 13.8 Å². The first-order valence-corrected chi connectivity index (χ1v) is 20.5. The predicted octanol–water partition coefficient (Wildman–Crippen LogP) is 9.48. The standard InChI is InChI=1S/C40H78O7/c1-3-5-7-9-11-13-15-17-19-21-23-25-27-43-31-35(41)29-37(39-33-45-39)47-38(40-34-46-40)30-36(42)32-44-28-26-24-22-20-18-16-14-12-10-8-6-4-2/h35-42H,3-34H2,1-2H3. The van der Waals surface area contributed by atoms with Gasteiger partial charge in [-0.2, -0.15) is 0 Å². The molecular formula is C40H78O7. The summed E-state index contributed by atoms with van der Waals surface area (Å²) < 4.78 is 29.1. The molecule has 0 aromatic heterocycles. The van der Waals surface area contributed by atoms with E-state index in [4.69, 9.17) is 23.7 Å². The lowest BCUT2D eigenvalue weighted by molar-refractivity contribution is -0.0879. The van der Waals surface area contributed by atoms with Gasteiger partial charge in [0.2, 0.25) is 0 Å². The van der Waals surface area contributed by atoms with Crippen molar-refractivity contribution in [2.24, 2.45) is 0 Å². The van der Waals surface area contributed by atoms with E-state index in [-0.39, 0.29) is 24.4 Å². The molecule has 0 aromatic carbocycles. The monoisotopic (exact) mass is 671 g/mol. The van der Waals surface area contributed by atoms with Gasteiger partial charge in [0.15, 0.2) is 0 Å². The van der Waals surface area contributed by atoms with Crippen LogP contribution < -0.4 is 0 Å². The maximum atomic E-state index is 10.7. The predicted molar refractivity (Wildman–Crippen MR) is 193 cm³/mol. The molecule has 2 N–H and O–H groups in total. The summed E-state index contributed by atoms with van der Waals surface area (Å²) in [6.45, 7) is 7.90. The second kappa shape index (κ2) is 30.5. The van der Waals surface area contributed by atoms with Crippen LogP contribution >= 0.6 is 0 Å². The number of unbranched alkanes of at least 4 members (excludes halogenated alkanes) is 22. The average molecular weight is 671 g/mol. The van der Waals surface area contributed by atoms with E-state index in [0.29, 0.717) is 52.5 Å². The largest absolute Gasteiger partial charge is 0.391 e. The van der Waals surface area contributed by atoms with Crippen LogP contribution in [0, 0.1) is 0 Å². The smallest absolute Gasteiger partial charge is 0.107 e. The Labute approximate surface area is 290 Å². The summed E-state index contributed by atoms with van der Waals surface area (Å²) >= 11 is 0. The van der Waals surface area contributed by atoms with Crippen LogP contribution in [0.25, 0.3) is 0 Å². The van der Waals surface area contributed by atoms with Crippen molar-refractivity contribution in [2.75, 3.05) is 39.6 Å². The maximum Gasteiger partial charge on any atom is 0.107 e. The van der Waals surface area contributed by atoms with Crippen molar-refractivity contribution in [3.63, 3.8) is 0 Å². The van der Waals surface area contributed by atoms with Gasteiger partial charge in [-0.15, -0.1) is 0 Å². The fourth-order valence-corrected chi connectivity index (χ4v) is 6.56. The number of hydrogen-bond donors (Lipinski definition) is 2. The van der Waals surface area contributed by atoms with E-state index in [1.54, 1.807) is 0 Å². The fourth-order valence-electron chi connectivity index (χ4n) is 6.56. The van der Waals surface area contributed by atoms with Gasteiger partial charge in [0.05, 0.1) is 50.8 Å². The summed E-state index contributed by atoms with van der Waals surface area (Å²) in [5.41, 5.74) is 0. The highest BCUT2D eigenvalue weighted by atomic mass is 16.6. The van der Waals surface area contributed by atoms with Gasteiger partial charge in [0.25, 0.3) is 0 Å². The van der Waals surface area contributed by atoms with Gasteiger partial charge < -0.3 is 33.9 Å². The van der Waals surface area contributed by atoms with E-state index in [0.717, 1.165) is 12.8 Å². The van der Waals surface area contributed by atoms with Crippen LogP contribution in [0.1, 0.15) is 181 Å². The highest BCUT2D eigenvalue weighted by Crippen LogP contribution is 2.29. The summed E-state index contributed by atoms with van der Waals surface area (Å²) in [5.74, 6) is 0. The number of epoxide rings is 2. The second-order valence-electron chi connectivity index (χ2n) is 14.7. The van der Waals surface area contributed by atoms with Crippen LogP contribution in [-0.4, -0.2) is 86.5 Å². The molecule has 6 atom stereocenters. The van der Waals surface area contributed by atoms with Gasteiger partial charge in [0.1, 0.15) is 12.2 Å².